The summed E-state index contributed by atoms with van der Waals surface area (Å²) in [6, 6.07) is 10.7. The van der Waals surface area contributed by atoms with E-state index in [-0.39, 0.29) is 6.04 Å². The average Bonchev–Trinajstić information content (AvgIpc) is 2.36. The van der Waals surface area contributed by atoms with Gasteiger partial charge in [0.1, 0.15) is 0 Å². The number of hydrazine groups is 1. The molecule has 0 aliphatic rings. The van der Waals surface area contributed by atoms with Gasteiger partial charge in [0, 0.05) is 18.6 Å². The van der Waals surface area contributed by atoms with Gasteiger partial charge in [0.2, 0.25) is 0 Å². The predicted octanol–water partition coefficient (Wildman–Crippen LogP) is 4.80. The SMILES string of the molecule is NNC(c1ccc(Cl)cc1Cl)c1cc(Cl)ccc1I. The first-order valence-electron chi connectivity index (χ1n) is 5.39. The summed E-state index contributed by atoms with van der Waals surface area (Å²) < 4.78 is 1.05. The molecule has 3 N–H and O–H groups in total. The molecule has 2 nitrogen and oxygen atoms in total. The van der Waals surface area contributed by atoms with Gasteiger partial charge in [-0.1, -0.05) is 40.9 Å². The van der Waals surface area contributed by atoms with Crippen LogP contribution in [0.4, 0.5) is 0 Å². The number of halogens is 4. The minimum Gasteiger partial charge on any atom is -0.271 e. The number of benzene rings is 2. The van der Waals surface area contributed by atoms with Crippen LogP contribution in [-0.2, 0) is 0 Å². The first kappa shape index (κ1) is 15.4. The van der Waals surface area contributed by atoms with Crippen molar-refractivity contribution in [3.8, 4) is 0 Å². The lowest BCUT2D eigenvalue weighted by Crippen LogP contribution is -2.29. The quantitative estimate of drug-likeness (QED) is 0.419. The van der Waals surface area contributed by atoms with Crippen molar-refractivity contribution in [1.82, 2.24) is 5.43 Å². The van der Waals surface area contributed by atoms with Crippen LogP contribution in [-0.4, -0.2) is 0 Å². The van der Waals surface area contributed by atoms with Crippen molar-refractivity contribution in [2.24, 2.45) is 5.84 Å². The van der Waals surface area contributed by atoms with Gasteiger partial charge in [0.25, 0.3) is 0 Å². The Labute approximate surface area is 140 Å². The largest absolute Gasteiger partial charge is 0.271 e. The molecule has 100 valence electrons. The van der Waals surface area contributed by atoms with E-state index >= 15 is 0 Å². The van der Waals surface area contributed by atoms with E-state index in [9.17, 15) is 0 Å². The first-order chi connectivity index (χ1) is 9.02. The van der Waals surface area contributed by atoms with Crippen LogP contribution in [0, 0.1) is 3.57 Å². The summed E-state index contributed by atoms with van der Waals surface area (Å²) >= 11 is 20.4. The van der Waals surface area contributed by atoms with Crippen molar-refractivity contribution in [2.45, 2.75) is 6.04 Å². The second-order valence-electron chi connectivity index (χ2n) is 3.93. The van der Waals surface area contributed by atoms with Crippen LogP contribution in [0.5, 0.6) is 0 Å². The van der Waals surface area contributed by atoms with Crippen molar-refractivity contribution in [2.75, 3.05) is 0 Å². The maximum atomic E-state index is 6.23. The Hall–Kier alpha value is -0.0400. The van der Waals surface area contributed by atoms with E-state index in [2.05, 4.69) is 28.0 Å². The van der Waals surface area contributed by atoms with Gasteiger partial charge in [-0.05, 0) is 64.0 Å². The lowest BCUT2D eigenvalue weighted by molar-refractivity contribution is 0.634. The van der Waals surface area contributed by atoms with Crippen LogP contribution in [0.25, 0.3) is 0 Å². The standard InChI is InChI=1S/C13H10Cl3IN2/c14-7-2-4-12(17)10(5-7)13(19-18)9-3-1-8(15)6-11(9)16/h1-6,13,19H,18H2. The van der Waals surface area contributed by atoms with Crippen molar-refractivity contribution in [1.29, 1.82) is 0 Å². The molecule has 0 aromatic heterocycles. The molecule has 19 heavy (non-hydrogen) atoms. The zero-order chi connectivity index (χ0) is 14.0. The molecule has 2 aromatic carbocycles. The molecule has 2 rings (SSSR count). The molecule has 1 unspecified atom stereocenters. The number of hydrogen-bond acceptors (Lipinski definition) is 2. The molecule has 0 bridgehead atoms. The van der Waals surface area contributed by atoms with E-state index in [0.29, 0.717) is 15.1 Å². The minimum absolute atomic E-state index is 0.240. The molecule has 0 spiro atoms. The van der Waals surface area contributed by atoms with Crippen LogP contribution in [0.15, 0.2) is 36.4 Å². The molecule has 6 heteroatoms. The summed E-state index contributed by atoms with van der Waals surface area (Å²) in [6.45, 7) is 0. The minimum atomic E-state index is -0.240. The highest BCUT2D eigenvalue weighted by Gasteiger charge is 2.18. The molecule has 2 aromatic rings. The third kappa shape index (κ3) is 3.54. The lowest BCUT2D eigenvalue weighted by Gasteiger charge is -2.20. The average molecular weight is 428 g/mol. The third-order valence-electron chi connectivity index (χ3n) is 2.71. The highest BCUT2D eigenvalue weighted by Crippen LogP contribution is 2.33. The van der Waals surface area contributed by atoms with Gasteiger partial charge < -0.3 is 0 Å². The Morgan fingerprint density at radius 2 is 1.58 bits per heavy atom. The highest BCUT2D eigenvalue weighted by atomic mass is 127. The topological polar surface area (TPSA) is 38.0 Å². The Balaban J connectivity index is 2.52. The first-order valence-corrected chi connectivity index (χ1v) is 7.60. The Kier molecular flexibility index (Phi) is 5.34. The zero-order valence-corrected chi connectivity index (χ0v) is 14.1. The number of hydrogen-bond donors (Lipinski definition) is 2. The van der Waals surface area contributed by atoms with Gasteiger partial charge in [0.05, 0.1) is 6.04 Å². The molecule has 0 amide bonds. The Morgan fingerprint density at radius 3 is 2.21 bits per heavy atom. The smallest absolute Gasteiger partial charge is 0.0735 e. The van der Waals surface area contributed by atoms with Gasteiger partial charge >= 0.3 is 0 Å². The van der Waals surface area contributed by atoms with Crippen LogP contribution in [0.1, 0.15) is 17.2 Å². The zero-order valence-electron chi connectivity index (χ0n) is 9.63. The predicted molar refractivity (Wildman–Crippen MR) is 89.8 cm³/mol. The van der Waals surface area contributed by atoms with Gasteiger partial charge in [0.15, 0.2) is 0 Å². The second kappa shape index (κ2) is 6.61. The van der Waals surface area contributed by atoms with E-state index in [1.165, 1.54) is 0 Å². The molecular formula is C13H10Cl3IN2. The number of nitrogens with one attached hydrogen (secondary N) is 1. The lowest BCUT2D eigenvalue weighted by atomic mass is 9.99. The van der Waals surface area contributed by atoms with Crippen molar-refractivity contribution < 1.29 is 0 Å². The van der Waals surface area contributed by atoms with Crippen LogP contribution in [0.3, 0.4) is 0 Å². The molecular weight excluding hydrogens is 417 g/mol. The molecule has 1 atom stereocenters. The summed E-state index contributed by atoms with van der Waals surface area (Å²) in [6.07, 6.45) is 0. The fraction of sp³-hybridized carbons (Fsp3) is 0.0769. The van der Waals surface area contributed by atoms with Gasteiger partial charge in [-0.15, -0.1) is 0 Å². The van der Waals surface area contributed by atoms with Gasteiger partial charge in [-0.2, -0.15) is 0 Å². The van der Waals surface area contributed by atoms with E-state index in [4.69, 9.17) is 40.6 Å². The van der Waals surface area contributed by atoms with Crippen molar-refractivity contribution in [3.63, 3.8) is 0 Å². The van der Waals surface area contributed by atoms with E-state index in [1.54, 1.807) is 12.1 Å². The normalized spacial score (nSPS) is 12.5. The molecule has 0 saturated carbocycles. The fourth-order valence-electron chi connectivity index (χ4n) is 1.82. The van der Waals surface area contributed by atoms with Crippen LogP contribution < -0.4 is 11.3 Å². The number of nitrogens with two attached hydrogens (primary N) is 1. The maximum absolute atomic E-state index is 6.23. The highest BCUT2D eigenvalue weighted by molar-refractivity contribution is 14.1. The van der Waals surface area contributed by atoms with E-state index in [1.807, 2.05) is 24.3 Å². The molecule has 0 aliphatic carbocycles. The van der Waals surface area contributed by atoms with Crippen LogP contribution in [0.2, 0.25) is 15.1 Å². The number of rotatable bonds is 3. The second-order valence-corrected chi connectivity index (χ2v) is 6.37. The van der Waals surface area contributed by atoms with Crippen LogP contribution >= 0.6 is 57.4 Å². The fourth-order valence-corrected chi connectivity index (χ4v) is 3.16. The summed E-state index contributed by atoms with van der Waals surface area (Å²) in [5.74, 6) is 5.67. The van der Waals surface area contributed by atoms with E-state index < -0.39 is 0 Å². The van der Waals surface area contributed by atoms with Gasteiger partial charge in [-0.3, -0.25) is 5.84 Å². The molecule has 0 radical (unpaired) electrons. The van der Waals surface area contributed by atoms with Gasteiger partial charge in [-0.25, -0.2) is 5.43 Å². The Bertz CT molecular complexity index is 604. The molecule has 0 aliphatic heterocycles. The third-order valence-corrected chi connectivity index (χ3v) is 4.49. The summed E-state index contributed by atoms with van der Waals surface area (Å²) in [5.41, 5.74) is 4.60. The monoisotopic (exact) mass is 426 g/mol. The van der Waals surface area contributed by atoms with Crippen molar-refractivity contribution >= 4 is 57.4 Å². The summed E-state index contributed by atoms with van der Waals surface area (Å²) in [4.78, 5) is 0. The summed E-state index contributed by atoms with van der Waals surface area (Å²) in [7, 11) is 0. The molecule has 0 saturated heterocycles. The molecule has 0 fully saturated rings. The Morgan fingerprint density at radius 1 is 0.947 bits per heavy atom. The van der Waals surface area contributed by atoms with Crippen molar-refractivity contribution in [3.05, 3.63) is 66.2 Å². The maximum Gasteiger partial charge on any atom is 0.0735 e. The van der Waals surface area contributed by atoms with E-state index in [0.717, 1.165) is 14.7 Å². The molecule has 0 heterocycles. The summed E-state index contributed by atoms with van der Waals surface area (Å²) in [5, 5.41) is 1.80.